The Kier molecular flexibility index (Phi) is 13.0. The minimum atomic E-state index is -3.19. The summed E-state index contributed by atoms with van der Waals surface area (Å²) < 4.78 is 59.8. The lowest BCUT2D eigenvalue weighted by atomic mass is 9.81. The normalized spacial score (nSPS) is 15.2. The zero-order chi connectivity index (χ0) is 35.9. The minimum Gasteiger partial charge on any atom is -0.461 e. The summed E-state index contributed by atoms with van der Waals surface area (Å²) in [6.45, 7) is 3.95. The highest BCUT2D eigenvalue weighted by molar-refractivity contribution is 9.10. The number of sulfone groups is 2. The first-order valence-corrected chi connectivity index (χ1v) is 20.2. The van der Waals surface area contributed by atoms with Crippen LogP contribution in [-0.2, 0) is 53.5 Å². The van der Waals surface area contributed by atoms with E-state index in [9.17, 15) is 26.4 Å². The number of nitrogens with zero attached hydrogens (tertiary/aromatic N) is 3. The highest BCUT2D eigenvalue weighted by Crippen LogP contribution is 2.28. The molecule has 0 spiro atoms. The molecule has 19 heteroatoms. The third kappa shape index (κ3) is 10.1. The average molecular weight is 844 g/mol. The molecule has 0 fully saturated rings. The molecule has 0 atom stereocenters. The van der Waals surface area contributed by atoms with Crippen LogP contribution in [0.4, 0.5) is 0 Å². The lowest BCUT2D eigenvalue weighted by Crippen LogP contribution is -2.29. The van der Waals surface area contributed by atoms with Gasteiger partial charge in [0.25, 0.3) is 0 Å². The van der Waals surface area contributed by atoms with Crippen molar-refractivity contribution in [1.29, 1.82) is 0 Å². The van der Waals surface area contributed by atoms with E-state index in [1.165, 1.54) is 4.68 Å². The van der Waals surface area contributed by atoms with Crippen molar-refractivity contribution in [3.05, 3.63) is 91.4 Å². The van der Waals surface area contributed by atoms with E-state index in [-0.39, 0.29) is 54.0 Å². The lowest BCUT2D eigenvalue weighted by Gasteiger charge is -2.15. The molecular weight excluding hydrogens is 811 g/mol. The van der Waals surface area contributed by atoms with Crippen molar-refractivity contribution >= 4 is 76.1 Å². The summed E-state index contributed by atoms with van der Waals surface area (Å²) in [7, 11) is -7.61. The molecule has 49 heavy (non-hydrogen) atoms. The number of hydrogen-bond donors (Lipinski definition) is 3. The van der Waals surface area contributed by atoms with Crippen LogP contribution in [0.25, 0.3) is 5.69 Å². The van der Waals surface area contributed by atoms with E-state index in [2.05, 4.69) is 47.2 Å². The fraction of sp³-hybridized carbons (Fsp3) is 0.333. The zero-order valence-corrected chi connectivity index (χ0v) is 31.2. The second-order valence-electron chi connectivity index (χ2n) is 10.7. The summed E-state index contributed by atoms with van der Waals surface area (Å²) in [6.07, 6.45) is 0.599. The molecule has 3 N–H and O–H groups in total. The number of nitrogens with one attached hydrogen (secondary N) is 1. The Morgan fingerprint density at radius 2 is 1.43 bits per heavy atom. The van der Waals surface area contributed by atoms with E-state index >= 15 is 0 Å². The molecule has 2 aliphatic heterocycles. The molecule has 6 rings (SSSR count). The molecule has 0 saturated heterocycles. The van der Waals surface area contributed by atoms with Gasteiger partial charge >= 0.3 is 19.1 Å². The van der Waals surface area contributed by atoms with Crippen molar-refractivity contribution in [3.8, 4) is 5.69 Å². The molecule has 4 aromatic rings. The Bertz CT molecular complexity index is 2050. The van der Waals surface area contributed by atoms with Gasteiger partial charge < -0.3 is 19.5 Å². The average Bonchev–Trinajstić information content (AvgIpc) is 3.62. The Labute approximate surface area is 300 Å². The molecule has 2 aromatic heterocycles. The van der Waals surface area contributed by atoms with Crippen LogP contribution in [0.1, 0.15) is 57.3 Å². The highest BCUT2D eigenvalue weighted by atomic mass is 79.9. The monoisotopic (exact) mass is 842 g/mol. The first-order chi connectivity index (χ1) is 23.1. The van der Waals surface area contributed by atoms with Crippen molar-refractivity contribution in [1.82, 2.24) is 20.0 Å². The van der Waals surface area contributed by atoms with E-state index in [0.29, 0.717) is 40.1 Å². The SMILES string of the molecule is CCOC(=O)c1n[nH]c2c1CCS(=O)(=O)C2.CCOC(=O)c1nn(-c2cccc(Br)c2)c2c1CCS(=O)(=O)C2.OB(O)c1cccc(Br)c1. The molecule has 0 unspecified atom stereocenters. The highest BCUT2D eigenvalue weighted by Gasteiger charge is 2.32. The zero-order valence-electron chi connectivity index (χ0n) is 26.4. The van der Waals surface area contributed by atoms with Gasteiger partial charge in [-0.1, -0.05) is 50.1 Å². The summed E-state index contributed by atoms with van der Waals surface area (Å²) in [5, 5.41) is 28.1. The maximum absolute atomic E-state index is 12.1. The van der Waals surface area contributed by atoms with E-state index in [1.54, 1.807) is 32.0 Å². The quantitative estimate of drug-likeness (QED) is 0.189. The first kappa shape index (κ1) is 38.4. The predicted molar refractivity (Wildman–Crippen MR) is 188 cm³/mol. The van der Waals surface area contributed by atoms with Crippen LogP contribution in [-0.4, -0.2) is 90.6 Å². The van der Waals surface area contributed by atoms with Crippen LogP contribution in [0.2, 0.25) is 0 Å². The van der Waals surface area contributed by atoms with Crippen molar-refractivity contribution in [2.75, 3.05) is 24.7 Å². The Hall–Kier alpha value is -3.36. The van der Waals surface area contributed by atoms with Crippen LogP contribution in [0.5, 0.6) is 0 Å². The summed E-state index contributed by atoms with van der Waals surface area (Å²) in [5.41, 5.74) is 4.00. The predicted octanol–water partition coefficient (Wildman–Crippen LogP) is 2.47. The number of aromatic nitrogens is 4. The smallest absolute Gasteiger partial charge is 0.461 e. The van der Waals surface area contributed by atoms with Gasteiger partial charge in [0.15, 0.2) is 31.1 Å². The second-order valence-corrected chi connectivity index (χ2v) is 16.9. The van der Waals surface area contributed by atoms with E-state index < -0.39 is 38.7 Å². The van der Waals surface area contributed by atoms with E-state index in [0.717, 1.165) is 8.95 Å². The van der Waals surface area contributed by atoms with Gasteiger partial charge in [-0.15, -0.1) is 0 Å². The lowest BCUT2D eigenvalue weighted by molar-refractivity contribution is 0.0508. The summed E-state index contributed by atoms with van der Waals surface area (Å²) >= 11 is 6.60. The van der Waals surface area contributed by atoms with Crippen LogP contribution in [0, 0.1) is 0 Å². The third-order valence-corrected chi connectivity index (χ3v) is 11.3. The van der Waals surface area contributed by atoms with Gasteiger partial charge in [-0.05, 0) is 62.5 Å². The van der Waals surface area contributed by atoms with Crippen LogP contribution < -0.4 is 5.46 Å². The topological polar surface area (TPSA) is 208 Å². The molecule has 0 saturated carbocycles. The third-order valence-electron chi connectivity index (χ3n) is 7.23. The maximum atomic E-state index is 12.1. The molecule has 14 nitrogen and oxygen atoms in total. The number of carbonyl (C=O) groups is 2. The van der Waals surface area contributed by atoms with Crippen molar-refractivity contribution in [2.24, 2.45) is 0 Å². The fourth-order valence-electron chi connectivity index (χ4n) is 4.99. The Balaban J connectivity index is 0.000000180. The van der Waals surface area contributed by atoms with Crippen LogP contribution >= 0.6 is 31.9 Å². The van der Waals surface area contributed by atoms with Gasteiger partial charge in [0.2, 0.25) is 0 Å². The molecule has 0 bridgehead atoms. The van der Waals surface area contributed by atoms with Crippen molar-refractivity contribution in [3.63, 3.8) is 0 Å². The number of carbonyl (C=O) groups excluding carboxylic acids is 2. The van der Waals surface area contributed by atoms with Crippen molar-refractivity contribution in [2.45, 2.75) is 38.2 Å². The number of halogens is 2. The van der Waals surface area contributed by atoms with Gasteiger partial charge in [0, 0.05) is 20.1 Å². The minimum absolute atomic E-state index is 0.0244. The number of esters is 2. The number of ether oxygens (including phenoxy) is 2. The van der Waals surface area contributed by atoms with Gasteiger partial charge in [-0.2, -0.15) is 10.2 Å². The number of fused-ring (bicyclic) bond motifs is 2. The molecule has 0 aliphatic carbocycles. The van der Waals surface area contributed by atoms with Crippen LogP contribution in [0.15, 0.2) is 57.5 Å². The van der Waals surface area contributed by atoms with E-state index in [4.69, 9.17) is 19.5 Å². The summed E-state index contributed by atoms with van der Waals surface area (Å²) in [6, 6.07) is 14.2. The number of benzene rings is 2. The summed E-state index contributed by atoms with van der Waals surface area (Å²) in [5.74, 6) is -1.13. The number of H-pyrrole nitrogens is 1. The number of rotatable bonds is 6. The largest absolute Gasteiger partial charge is 0.488 e. The molecule has 0 radical (unpaired) electrons. The molecule has 0 amide bonds. The number of aromatic amines is 1. The van der Waals surface area contributed by atoms with Crippen LogP contribution in [0.3, 0.4) is 0 Å². The molecule has 2 aliphatic rings. The molecule has 262 valence electrons. The standard InChI is InChI=1S/C15H15BrN2O4S.C9H12N2O4S.C6H6BBrO2/c1-2-22-15(19)14-12-6-7-23(20,21)9-13(12)18(17-14)11-5-3-4-10(16)8-11;1-2-15-9(12)8-6-3-4-16(13,14)5-7(6)10-11-8;8-6-3-1-2-5(4-6)7(9)10/h3-5,8H,2,6-7,9H2,1H3;2-5H2,1H3,(H,10,11);1-4,9-10H. The van der Waals surface area contributed by atoms with Gasteiger partial charge in [0.1, 0.15) is 0 Å². The number of hydrogen-bond acceptors (Lipinski definition) is 12. The Morgan fingerprint density at radius 1 is 0.857 bits per heavy atom. The first-order valence-electron chi connectivity index (χ1n) is 14.9. The molecule has 2 aromatic carbocycles. The molecular formula is C30H33BBr2N4O10S2. The maximum Gasteiger partial charge on any atom is 0.488 e. The fourth-order valence-corrected chi connectivity index (χ4v) is 8.51. The van der Waals surface area contributed by atoms with Crippen molar-refractivity contribution < 1.29 is 45.9 Å². The van der Waals surface area contributed by atoms with Gasteiger partial charge in [0.05, 0.1) is 53.3 Å². The molecule has 4 heterocycles. The van der Waals surface area contributed by atoms with E-state index in [1.807, 2.05) is 30.3 Å². The van der Waals surface area contributed by atoms with Gasteiger partial charge in [-0.3, -0.25) is 5.10 Å². The summed E-state index contributed by atoms with van der Waals surface area (Å²) in [4.78, 5) is 23.6. The second kappa shape index (κ2) is 16.6. The Morgan fingerprint density at radius 3 is 2.00 bits per heavy atom. The van der Waals surface area contributed by atoms with Gasteiger partial charge in [-0.25, -0.2) is 31.1 Å².